The van der Waals surface area contributed by atoms with Crippen molar-refractivity contribution >= 4 is 56.6 Å². The van der Waals surface area contributed by atoms with Crippen molar-refractivity contribution in [3.63, 3.8) is 0 Å². The molecule has 0 radical (unpaired) electrons. The van der Waals surface area contributed by atoms with E-state index in [-0.39, 0.29) is 33.2 Å². The molecule has 4 aromatic rings. The lowest BCUT2D eigenvalue weighted by molar-refractivity contribution is 0.0952. The molecule has 30 heavy (non-hydrogen) atoms. The number of hydrogen-bond donors (Lipinski definition) is 2. The zero-order chi connectivity index (χ0) is 21.4. The molecule has 1 heterocycles. The molecule has 0 aliphatic heterocycles. The fourth-order valence-electron chi connectivity index (χ4n) is 3.07. The topological polar surface area (TPSA) is 91.9 Å². The summed E-state index contributed by atoms with van der Waals surface area (Å²) in [6.45, 7) is 1.55. The summed E-state index contributed by atoms with van der Waals surface area (Å²) >= 11 is 12.1. The molecule has 0 fully saturated rings. The lowest BCUT2D eigenvalue weighted by Crippen LogP contribution is -2.21. The van der Waals surface area contributed by atoms with Gasteiger partial charge in [0.15, 0.2) is 5.58 Å². The zero-order valence-electron chi connectivity index (χ0n) is 15.6. The van der Waals surface area contributed by atoms with Crippen LogP contribution < -0.4 is 11.1 Å². The SMILES string of the molecule is C/C(=N/NC(=O)c1cc2ccccc2cc1O)c1cc2cc(Cl)cc(Cl)c2oc1=O. The van der Waals surface area contributed by atoms with Gasteiger partial charge in [0, 0.05) is 10.4 Å². The molecule has 0 aliphatic rings. The van der Waals surface area contributed by atoms with E-state index in [9.17, 15) is 14.7 Å². The van der Waals surface area contributed by atoms with E-state index < -0.39 is 11.5 Å². The van der Waals surface area contributed by atoms with Gasteiger partial charge in [-0.15, -0.1) is 0 Å². The predicted octanol–water partition coefficient (Wildman–Crippen LogP) is 5.11. The van der Waals surface area contributed by atoms with Gasteiger partial charge in [0.05, 0.1) is 21.9 Å². The number of hydrogen-bond acceptors (Lipinski definition) is 5. The van der Waals surface area contributed by atoms with Gasteiger partial charge in [-0.1, -0.05) is 47.5 Å². The summed E-state index contributed by atoms with van der Waals surface area (Å²) in [6.07, 6.45) is 0. The van der Waals surface area contributed by atoms with Crippen molar-refractivity contribution in [2.24, 2.45) is 5.10 Å². The van der Waals surface area contributed by atoms with Gasteiger partial charge < -0.3 is 9.52 Å². The van der Waals surface area contributed by atoms with E-state index in [1.165, 1.54) is 18.2 Å². The minimum atomic E-state index is -0.657. The Kier molecular flexibility index (Phi) is 5.20. The summed E-state index contributed by atoms with van der Waals surface area (Å²) in [7, 11) is 0. The second kappa shape index (κ2) is 7.82. The summed E-state index contributed by atoms with van der Waals surface area (Å²) in [5, 5.41) is 16.9. The third kappa shape index (κ3) is 3.75. The molecule has 8 heteroatoms. The molecule has 150 valence electrons. The number of aromatic hydroxyl groups is 1. The molecule has 0 saturated heterocycles. The van der Waals surface area contributed by atoms with Crippen molar-refractivity contribution in [1.82, 2.24) is 5.43 Å². The Hall–Kier alpha value is -3.35. The third-order valence-electron chi connectivity index (χ3n) is 4.58. The summed E-state index contributed by atoms with van der Waals surface area (Å²) < 4.78 is 5.28. The van der Waals surface area contributed by atoms with Gasteiger partial charge in [-0.2, -0.15) is 5.10 Å². The second-order valence-corrected chi connectivity index (χ2v) is 7.45. The predicted molar refractivity (Wildman–Crippen MR) is 118 cm³/mol. The molecule has 0 saturated carbocycles. The molecule has 4 rings (SSSR count). The molecule has 0 spiro atoms. The van der Waals surface area contributed by atoms with Crippen LogP contribution in [0.1, 0.15) is 22.8 Å². The van der Waals surface area contributed by atoms with Crippen molar-refractivity contribution in [3.05, 3.63) is 86.2 Å². The summed E-state index contributed by atoms with van der Waals surface area (Å²) in [5.74, 6) is -0.789. The van der Waals surface area contributed by atoms with Gasteiger partial charge in [0.1, 0.15) is 5.75 Å². The molecule has 6 nitrogen and oxygen atoms in total. The fourth-order valence-corrected chi connectivity index (χ4v) is 3.62. The maximum Gasteiger partial charge on any atom is 0.345 e. The van der Waals surface area contributed by atoms with Gasteiger partial charge >= 0.3 is 5.63 Å². The first-order chi connectivity index (χ1) is 14.3. The number of nitrogens with one attached hydrogen (secondary N) is 1. The maximum absolute atomic E-state index is 12.5. The highest BCUT2D eigenvalue weighted by molar-refractivity contribution is 6.38. The second-order valence-electron chi connectivity index (χ2n) is 6.61. The van der Waals surface area contributed by atoms with E-state index in [0.717, 1.165) is 10.8 Å². The smallest absolute Gasteiger partial charge is 0.345 e. The van der Waals surface area contributed by atoms with Crippen LogP contribution in [0, 0.1) is 0 Å². The standard InChI is InChI=1S/C22H14Cl2N2O4/c1-11(16-8-14-6-15(23)10-18(24)20(14)30-22(16)29)25-26-21(28)17-7-12-4-2-3-5-13(12)9-19(17)27/h2-10,27H,1H3,(H,26,28)/b25-11-. The highest BCUT2D eigenvalue weighted by Crippen LogP contribution is 2.28. The molecular weight excluding hydrogens is 427 g/mol. The number of hydrazone groups is 1. The van der Waals surface area contributed by atoms with Crippen LogP contribution in [0.5, 0.6) is 5.75 Å². The Labute approximate surface area is 180 Å². The Balaban J connectivity index is 1.66. The van der Waals surface area contributed by atoms with Gasteiger partial charge in [-0.05, 0) is 48.0 Å². The van der Waals surface area contributed by atoms with Crippen molar-refractivity contribution in [2.75, 3.05) is 0 Å². The molecule has 0 aliphatic carbocycles. The number of carbonyl (C=O) groups excluding carboxylic acids is 1. The van der Waals surface area contributed by atoms with Crippen LogP contribution in [-0.4, -0.2) is 16.7 Å². The summed E-state index contributed by atoms with van der Waals surface area (Å²) in [4.78, 5) is 24.9. The van der Waals surface area contributed by atoms with Crippen LogP contribution >= 0.6 is 23.2 Å². The Morgan fingerprint density at radius 3 is 2.40 bits per heavy atom. The number of halogens is 2. The average molecular weight is 441 g/mol. The number of rotatable bonds is 3. The Morgan fingerprint density at radius 1 is 1.00 bits per heavy atom. The maximum atomic E-state index is 12.5. The molecule has 0 atom stereocenters. The van der Waals surface area contributed by atoms with Crippen molar-refractivity contribution in [2.45, 2.75) is 6.92 Å². The van der Waals surface area contributed by atoms with Gasteiger partial charge in [0.2, 0.25) is 0 Å². The third-order valence-corrected chi connectivity index (χ3v) is 5.07. The molecule has 0 bridgehead atoms. The van der Waals surface area contributed by atoms with Crippen LogP contribution in [-0.2, 0) is 0 Å². The van der Waals surface area contributed by atoms with E-state index in [2.05, 4.69) is 10.5 Å². The zero-order valence-corrected chi connectivity index (χ0v) is 17.1. The largest absolute Gasteiger partial charge is 0.507 e. The highest BCUT2D eigenvalue weighted by atomic mass is 35.5. The first-order valence-corrected chi connectivity index (χ1v) is 9.59. The van der Waals surface area contributed by atoms with E-state index in [4.69, 9.17) is 27.6 Å². The van der Waals surface area contributed by atoms with Crippen LogP contribution in [0.2, 0.25) is 10.0 Å². The van der Waals surface area contributed by atoms with Crippen molar-refractivity contribution < 1.29 is 14.3 Å². The normalized spacial score (nSPS) is 11.8. The number of carbonyl (C=O) groups is 1. The fraction of sp³-hybridized carbons (Fsp3) is 0.0455. The Bertz CT molecular complexity index is 1410. The van der Waals surface area contributed by atoms with Gasteiger partial charge in [-0.25, -0.2) is 10.2 Å². The number of phenolic OH excluding ortho intramolecular Hbond substituents is 1. The van der Waals surface area contributed by atoms with Crippen LogP contribution in [0.15, 0.2) is 68.9 Å². The van der Waals surface area contributed by atoms with E-state index in [1.54, 1.807) is 19.1 Å². The monoisotopic (exact) mass is 440 g/mol. The Morgan fingerprint density at radius 2 is 1.67 bits per heavy atom. The van der Waals surface area contributed by atoms with Crippen LogP contribution in [0.4, 0.5) is 0 Å². The van der Waals surface area contributed by atoms with Gasteiger partial charge in [-0.3, -0.25) is 4.79 Å². The van der Waals surface area contributed by atoms with E-state index in [0.29, 0.717) is 10.4 Å². The van der Waals surface area contributed by atoms with Crippen LogP contribution in [0.3, 0.4) is 0 Å². The minimum absolute atomic E-state index is 0.0642. The highest BCUT2D eigenvalue weighted by Gasteiger charge is 2.14. The van der Waals surface area contributed by atoms with E-state index >= 15 is 0 Å². The van der Waals surface area contributed by atoms with Crippen molar-refractivity contribution in [1.29, 1.82) is 0 Å². The number of phenols is 1. The lowest BCUT2D eigenvalue weighted by Gasteiger charge is -2.07. The summed E-state index contributed by atoms with van der Waals surface area (Å²) in [6, 6.07) is 15.0. The number of nitrogens with zero attached hydrogens (tertiary/aromatic N) is 1. The average Bonchev–Trinajstić information content (AvgIpc) is 2.71. The number of amides is 1. The number of benzene rings is 3. The molecule has 0 unspecified atom stereocenters. The first-order valence-electron chi connectivity index (χ1n) is 8.83. The molecule has 2 N–H and O–H groups in total. The molecular formula is C22H14Cl2N2O4. The number of fused-ring (bicyclic) bond motifs is 2. The molecule has 1 amide bonds. The van der Waals surface area contributed by atoms with Crippen LogP contribution in [0.25, 0.3) is 21.7 Å². The summed E-state index contributed by atoms with van der Waals surface area (Å²) in [5.41, 5.74) is 2.34. The quantitative estimate of drug-likeness (QED) is 0.263. The molecule has 1 aromatic heterocycles. The lowest BCUT2D eigenvalue weighted by atomic mass is 10.1. The van der Waals surface area contributed by atoms with Crippen molar-refractivity contribution in [3.8, 4) is 5.75 Å². The first kappa shape index (κ1) is 19.9. The minimum Gasteiger partial charge on any atom is -0.507 e. The van der Waals surface area contributed by atoms with E-state index in [1.807, 2.05) is 24.3 Å². The van der Waals surface area contributed by atoms with Gasteiger partial charge in [0.25, 0.3) is 5.91 Å². The molecule has 3 aromatic carbocycles.